The molecule has 0 unspecified atom stereocenters. The molecule has 34 heavy (non-hydrogen) atoms. The highest BCUT2D eigenvalue weighted by Crippen LogP contribution is 2.26. The van der Waals surface area contributed by atoms with E-state index < -0.39 is 0 Å². The van der Waals surface area contributed by atoms with Crippen molar-refractivity contribution in [2.24, 2.45) is 0 Å². The second-order valence-corrected chi connectivity index (χ2v) is 7.60. The topological polar surface area (TPSA) is 74.6 Å². The van der Waals surface area contributed by atoms with Crippen LogP contribution in [0.2, 0.25) is 0 Å². The Morgan fingerprint density at radius 1 is 0.882 bits per heavy atom. The van der Waals surface area contributed by atoms with E-state index in [2.05, 4.69) is 9.88 Å². The third-order valence-corrected chi connectivity index (χ3v) is 5.24. The molecule has 0 bridgehead atoms. The van der Waals surface area contributed by atoms with Gasteiger partial charge < -0.3 is 24.1 Å². The van der Waals surface area contributed by atoms with Gasteiger partial charge in [-0.15, -0.1) is 0 Å². The summed E-state index contributed by atoms with van der Waals surface area (Å²) < 4.78 is 19.3. The van der Waals surface area contributed by atoms with E-state index in [0.29, 0.717) is 38.5 Å². The fourth-order valence-electron chi connectivity index (χ4n) is 3.69. The number of aromatic nitrogens is 2. The minimum absolute atomic E-state index is 0.0203. The van der Waals surface area contributed by atoms with Crippen molar-refractivity contribution in [1.82, 2.24) is 14.9 Å². The van der Waals surface area contributed by atoms with Crippen molar-refractivity contribution in [3.8, 4) is 17.2 Å². The van der Waals surface area contributed by atoms with E-state index in [4.69, 9.17) is 19.2 Å². The Kier molecular flexibility index (Phi) is 8.00. The summed E-state index contributed by atoms with van der Waals surface area (Å²) in [5.74, 6) is 2.86. The van der Waals surface area contributed by atoms with Crippen LogP contribution in [0, 0.1) is 0 Å². The first kappa shape index (κ1) is 23.2. The molecule has 1 heterocycles. The number of imidazole rings is 1. The largest absolute Gasteiger partial charge is 0.490 e. The van der Waals surface area contributed by atoms with Gasteiger partial charge in [0, 0.05) is 13.0 Å². The lowest BCUT2D eigenvalue weighted by Gasteiger charge is -2.14. The lowest BCUT2D eigenvalue weighted by molar-refractivity contribution is -0.123. The van der Waals surface area contributed by atoms with Crippen LogP contribution in [-0.2, 0) is 17.8 Å². The minimum atomic E-state index is -0.164. The third-order valence-electron chi connectivity index (χ3n) is 5.24. The molecule has 176 valence electrons. The number of fused-ring (bicyclic) bond motifs is 1. The van der Waals surface area contributed by atoms with E-state index in [1.807, 2.05) is 85.8 Å². The molecule has 0 fully saturated rings. The van der Waals surface area contributed by atoms with Crippen LogP contribution in [0.5, 0.6) is 17.2 Å². The maximum absolute atomic E-state index is 12.2. The average Bonchev–Trinajstić information content (AvgIpc) is 3.22. The summed E-state index contributed by atoms with van der Waals surface area (Å²) in [5, 5.41) is 2.91. The summed E-state index contributed by atoms with van der Waals surface area (Å²) in [5.41, 5.74) is 1.96. The van der Waals surface area contributed by atoms with Crippen molar-refractivity contribution in [1.29, 1.82) is 0 Å². The van der Waals surface area contributed by atoms with Gasteiger partial charge >= 0.3 is 0 Å². The first-order valence-electron chi connectivity index (χ1n) is 11.5. The molecule has 0 atom stereocenters. The molecule has 0 saturated heterocycles. The van der Waals surface area contributed by atoms with Crippen LogP contribution in [0.1, 0.15) is 12.7 Å². The van der Waals surface area contributed by atoms with Gasteiger partial charge in [0.25, 0.3) is 5.91 Å². The quantitative estimate of drug-likeness (QED) is 0.343. The Balaban J connectivity index is 1.35. The molecule has 1 aromatic heterocycles. The molecule has 4 rings (SSSR count). The number of carbonyl (C=O) groups is 1. The van der Waals surface area contributed by atoms with Gasteiger partial charge in [-0.1, -0.05) is 42.5 Å². The Morgan fingerprint density at radius 3 is 2.38 bits per heavy atom. The maximum atomic E-state index is 12.2. The number of nitrogens with one attached hydrogen (secondary N) is 1. The monoisotopic (exact) mass is 459 g/mol. The lowest BCUT2D eigenvalue weighted by Crippen LogP contribution is -2.31. The van der Waals surface area contributed by atoms with E-state index in [1.165, 1.54) is 0 Å². The predicted octanol–water partition coefficient (Wildman–Crippen LogP) is 4.25. The van der Waals surface area contributed by atoms with Crippen molar-refractivity contribution in [2.45, 2.75) is 19.9 Å². The lowest BCUT2D eigenvalue weighted by atomic mass is 10.3. The molecule has 7 nitrogen and oxygen atoms in total. The summed E-state index contributed by atoms with van der Waals surface area (Å²) in [4.78, 5) is 17.0. The number of hydrogen-bond acceptors (Lipinski definition) is 5. The molecular formula is C27H29N3O4. The van der Waals surface area contributed by atoms with Crippen LogP contribution < -0.4 is 19.5 Å². The summed E-state index contributed by atoms with van der Waals surface area (Å²) in [6.45, 7) is 4.07. The first-order chi connectivity index (χ1) is 16.7. The molecule has 0 aliphatic carbocycles. The molecule has 0 radical (unpaired) electrons. The zero-order valence-corrected chi connectivity index (χ0v) is 19.3. The van der Waals surface area contributed by atoms with Gasteiger partial charge in [0.15, 0.2) is 18.1 Å². The fraction of sp³-hybridized carbons (Fsp3) is 0.259. The van der Waals surface area contributed by atoms with Gasteiger partial charge in [-0.25, -0.2) is 4.98 Å². The van der Waals surface area contributed by atoms with E-state index in [1.54, 1.807) is 0 Å². The zero-order chi connectivity index (χ0) is 23.6. The predicted molar refractivity (Wildman–Crippen MR) is 131 cm³/mol. The van der Waals surface area contributed by atoms with Gasteiger partial charge in [-0.05, 0) is 43.3 Å². The van der Waals surface area contributed by atoms with E-state index in [-0.39, 0.29) is 12.5 Å². The van der Waals surface area contributed by atoms with Crippen molar-refractivity contribution in [2.75, 3.05) is 26.4 Å². The normalized spacial score (nSPS) is 10.7. The van der Waals surface area contributed by atoms with E-state index in [9.17, 15) is 4.79 Å². The van der Waals surface area contributed by atoms with Gasteiger partial charge in [-0.2, -0.15) is 0 Å². The van der Waals surface area contributed by atoms with Crippen molar-refractivity contribution < 1.29 is 19.0 Å². The molecule has 3 aromatic carbocycles. The summed E-state index contributed by atoms with van der Waals surface area (Å²) in [6, 6.07) is 25.0. The SMILES string of the molecule is CCOc1ccccc1OCCn1c(CCNC(=O)COc2ccccc2)nc2ccccc21. The van der Waals surface area contributed by atoms with Gasteiger partial charge in [0.2, 0.25) is 0 Å². The molecule has 0 saturated carbocycles. The molecule has 0 spiro atoms. The highest BCUT2D eigenvalue weighted by Gasteiger charge is 2.12. The number of carbonyl (C=O) groups excluding carboxylic acids is 1. The molecule has 4 aromatic rings. The highest BCUT2D eigenvalue weighted by atomic mass is 16.5. The number of ether oxygens (including phenoxy) is 3. The van der Waals surface area contributed by atoms with Crippen molar-refractivity contribution in [3.05, 3.63) is 84.7 Å². The molecule has 0 aliphatic heterocycles. The Hall–Kier alpha value is -4.00. The van der Waals surface area contributed by atoms with Gasteiger partial charge in [-0.3, -0.25) is 4.79 Å². The zero-order valence-electron chi connectivity index (χ0n) is 19.3. The maximum Gasteiger partial charge on any atom is 0.257 e. The van der Waals surface area contributed by atoms with Crippen LogP contribution >= 0.6 is 0 Å². The average molecular weight is 460 g/mol. The number of nitrogens with zero attached hydrogens (tertiary/aromatic N) is 2. The summed E-state index contributed by atoms with van der Waals surface area (Å²) in [6.07, 6.45) is 0.599. The fourth-order valence-corrected chi connectivity index (χ4v) is 3.69. The molecule has 1 N–H and O–H groups in total. The first-order valence-corrected chi connectivity index (χ1v) is 11.5. The second kappa shape index (κ2) is 11.7. The molecular weight excluding hydrogens is 430 g/mol. The van der Waals surface area contributed by atoms with Gasteiger partial charge in [0.1, 0.15) is 18.2 Å². The standard InChI is InChI=1S/C27H29N3O4/c1-2-32-24-14-8-9-15-25(24)33-19-18-30-23-13-7-6-12-22(23)29-26(30)16-17-28-27(31)20-34-21-10-4-3-5-11-21/h3-15H,2,16-20H2,1H3,(H,28,31). The van der Waals surface area contributed by atoms with Crippen LogP contribution in [-0.4, -0.2) is 41.8 Å². The number of para-hydroxylation sites is 5. The Morgan fingerprint density at radius 2 is 1.59 bits per heavy atom. The third kappa shape index (κ3) is 6.07. The minimum Gasteiger partial charge on any atom is -0.490 e. The van der Waals surface area contributed by atoms with Crippen LogP contribution in [0.15, 0.2) is 78.9 Å². The van der Waals surface area contributed by atoms with E-state index in [0.717, 1.165) is 28.4 Å². The summed E-state index contributed by atoms with van der Waals surface area (Å²) in [7, 11) is 0. The second-order valence-electron chi connectivity index (χ2n) is 7.60. The number of benzene rings is 3. The van der Waals surface area contributed by atoms with Crippen molar-refractivity contribution >= 4 is 16.9 Å². The Labute approximate surface area is 199 Å². The highest BCUT2D eigenvalue weighted by molar-refractivity contribution is 5.77. The number of hydrogen-bond donors (Lipinski definition) is 1. The molecule has 7 heteroatoms. The van der Waals surface area contributed by atoms with Crippen LogP contribution in [0.4, 0.5) is 0 Å². The summed E-state index contributed by atoms with van der Waals surface area (Å²) >= 11 is 0. The van der Waals surface area contributed by atoms with Crippen LogP contribution in [0.25, 0.3) is 11.0 Å². The van der Waals surface area contributed by atoms with Crippen LogP contribution in [0.3, 0.4) is 0 Å². The smallest absolute Gasteiger partial charge is 0.257 e. The van der Waals surface area contributed by atoms with Crippen molar-refractivity contribution in [3.63, 3.8) is 0 Å². The number of rotatable bonds is 12. The molecule has 0 aliphatic rings. The number of amides is 1. The molecule has 1 amide bonds. The van der Waals surface area contributed by atoms with E-state index >= 15 is 0 Å². The van der Waals surface area contributed by atoms with Gasteiger partial charge in [0.05, 0.1) is 24.2 Å². The Bertz CT molecular complexity index is 1210.